The molecule has 2 amide bonds. The molecule has 4 nitrogen and oxygen atoms in total. The van der Waals surface area contributed by atoms with E-state index in [1.54, 1.807) is 0 Å². The molecule has 1 saturated carbocycles. The highest BCUT2D eigenvalue weighted by molar-refractivity contribution is 6.98. The molecule has 1 aliphatic carbocycles. The molecule has 52 heavy (non-hydrogen) atoms. The second kappa shape index (κ2) is 13.1. The number of para-hydroxylation sites is 1. The van der Waals surface area contributed by atoms with Crippen molar-refractivity contribution in [1.82, 2.24) is 4.81 Å². The first-order chi connectivity index (χ1) is 24.5. The van der Waals surface area contributed by atoms with Gasteiger partial charge in [0.15, 0.2) is 58.2 Å². The molecule has 274 valence electrons. The minimum absolute atomic E-state index is 0.0228. The fraction of sp³-hybridized carbons (Fsp3) is 0.188. The standard InChI is InChI=1S/C32H16BF15N2O2/c34-16-13(17(35)23(41)28(46)22(16)40)31-49(11-7-3-1-4-8-11)32(51)50(12-9-5-2-6-10-12)33(52-31,14-18(36)24(42)29(47)25(43)19(14)37)15-20(38)26(44)30(48)27(45)21(15)39/h1,3-4,7-8,12H,2,5-6,9-10H2. The van der Waals surface area contributed by atoms with Crippen LogP contribution >= 0.6 is 0 Å². The van der Waals surface area contributed by atoms with Crippen LogP contribution in [-0.4, -0.2) is 33.8 Å². The Hall–Kier alpha value is -5.17. The van der Waals surface area contributed by atoms with Gasteiger partial charge in [0.1, 0.15) is 34.5 Å². The van der Waals surface area contributed by atoms with Crippen LogP contribution in [0.3, 0.4) is 0 Å². The van der Waals surface area contributed by atoms with Gasteiger partial charge in [0, 0.05) is 0 Å². The molecule has 0 unspecified atom stereocenters. The van der Waals surface area contributed by atoms with Gasteiger partial charge in [0.2, 0.25) is 5.82 Å². The van der Waals surface area contributed by atoms with Gasteiger partial charge in [-0.1, -0.05) is 24.6 Å². The van der Waals surface area contributed by atoms with Crippen LogP contribution in [-0.2, 0) is 4.65 Å². The zero-order valence-corrected chi connectivity index (χ0v) is 25.5. The Morgan fingerprint density at radius 1 is 0.519 bits per heavy atom. The van der Waals surface area contributed by atoms with Crippen molar-refractivity contribution < 1.29 is 79.9 Å². The lowest BCUT2D eigenvalue weighted by molar-refractivity contribution is -0.357. The second-order valence-corrected chi connectivity index (χ2v) is 11.7. The molecular formula is C32H16BF15N2O2. The molecule has 0 aromatic heterocycles. The fourth-order valence-electron chi connectivity index (χ4n) is 6.68. The molecule has 0 bridgehead atoms. The highest BCUT2D eigenvalue weighted by Crippen LogP contribution is 2.38. The van der Waals surface area contributed by atoms with Crippen LogP contribution in [0.15, 0.2) is 30.3 Å². The van der Waals surface area contributed by atoms with Crippen molar-refractivity contribution in [1.29, 1.82) is 0 Å². The molecule has 20 heteroatoms. The third-order valence-electron chi connectivity index (χ3n) is 8.97. The number of carbonyl (C=O) groups excluding carboxylic acids is 1. The largest absolute Gasteiger partial charge is 0.640 e. The second-order valence-electron chi connectivity index (χ2n) is 11.7. The smallest absolute Gasteiger partial charge is 0.458 e. The van der Waals surface area contributed by atoms with Crippen molar-refractivity contribution in [2.75, 3.05) is 0 Å². The van der Waals surface area contributed by atoms with E-state index in [2.05, 4.69) is 0 Å². The number of hydrogen-bond donors (Lipinski definition) is 0. The van der Waals surface area contributed by atoms with Crippen molar-refractivity contribution in [2.45, 2.75) is 38.1 Å². The summed E-state index contributed by atoms with van der Waals surface area (Å²) in [5.41, 5.74) is -8.12. The quantitative estimate of drug-likeness (QED) is 0.0683. The monoisotopic (exact) mass is 756 g/mol. The van der Waals surface area contributed by atoms with E-state index in [4.69, 9.17) is 4.65 Å². The van der Waals surface area contributed by atoms with Crippen molar-refractivity contribution >= 4 is 35.0 Å². The lowest BCUT2D eigenvalue weighted by Crippen LogP contribution is -2.82. The summed E-state index contributed by atoms with van der Waals surface area (Å²) in [6.45, 7) is -5.79. The van der Waals surface area contributed by atoms with Gasteiger partial charge in [0.05, 0.1) is 6.04 Å². The van der Waals surface area contributed by atoms with Gasteiger partial charge in [-0.25, -0.2) is 70.7 Å². The van der Waals surface area contributed by atoms with E-state index in [1.807, 2.05) is 0 Å². The summed E-state index contributed by atoms with van der Waals surface area (Å²) in [6.07, 6.45) is -0.300. The lowest BCUT2D eigenvalue weighted by atomic mass is 9.38. The van der Waals surface area contributed by atoms with Crippen LogP contribution in [0, 0.1) is 87.3 Å². The van der Waals surface area contributed by atoms with E-state index in [1.165, 1.54) is 6.07 Å². The topological polar surface area (TPSA) is 32.6 Å². The van der Waals surface area contributed by atoms with Gasteiger partial charge in [-0.2, -0.15) is 0 Å². The van der Waals surface area contributed by atoms with Crippen LogP contribution < -0.4 is 10.9 Å². The summed E-state index contributed by atoms with van der Waals surface area (Å²) in [5, 5.41) is 0. The molecule has 0 radical (unpaired) electrons. The first-order valence-electron chi connectivity index (χ1n) is 14.9. The Morgan fingerprint density at radius 2 is 0.885 bits per heavy atom. The molecule has 4 aromatic rings. The van der Waals surface area contributed by atoms with Crippen molar-refractivity contribution in [2.24, 2.45) is 0 Å². The number of urea groups is 1. The molecule has 0 atom stereocenters. The normalized spacial score (nSPS) is 16.5. The van der Waals surface area contributed by atoms with Crippen molar-refractivity contribution in [3.8, 4) is 0 Å². The average Bonchev–Trinajstić information content (AvgIpc) is 3.14. The Balaban J connectivity index is 1.93. The maximum atomic E-state index is 16.0. The molecule has 0 saturated heterocycles. The van der Waals surface area contributed by atoms with Crippen molar-refractivity contribution in [3.63, 3.8) is 0 Å². The number of halogens is 15. The van der Waals surface area contributed by atoms with Gasteiger partial charge >= 0.3 is 12.5 Å². The third-order valence-corrected chi connectivity index (χ3v) is 8.97. The number of rotatable bonds is 5. The summed E-state index contributed by atoms with van der Waals surface area (Å²) in [5.74, 6) is -46.0. The average molecular weight is 756 g/mol. The van der Waals surface area contributed by atoms with Gasteiger partial charge in [-0.3, -0.25) is 0 Å². The van der Waals surface area contributed by atoms with Crippen LogP contribution in [0.2, 0.25) is 0 Å². The molecule has 2 aliphatic rings. The van der Waals surface area contributed by atoms with E-state index in [0.29, 0.717) is 6.42 Å². The number of hydrogen-bond acceptors (Lipinski definition) is 2. The maximum absolute atomic E-state index is 16.0. The predicted octanol–water partition coefficient (Wildman–Crippen LogP) is 7.91. The predicted molar refractivity (Wildman–Crippen MR) is 149 cm³/mol. The Morgan fingerprint density at radius 3 is 1.29 bits per heavy atom. The summed E-state index contributed by atoms with van der Waals surface area (Å²) < 4.78 is 233. The zero-order valence-electron chi connectivity index (χ0n) is 25.5. The van der Waals surface area contributed by atoms with Crippen LogP contribution in [0.4, 0.5) is 76.3 Å². The van der Waals surface area contributed by atoms with Crippen LogP contribution in [0.25, 0.3) is 0 Å². The van der Waals surface area contributed by atoms with E-state index in [0.717, 1.165) is 24.3 Å². The van der Waals surface area contributed by atoms with Gasteiger partial charge in [-0.15, -0.1) is 4.58 Å². The summed E-state index contributed by atoms with van der Waals surface area (Å²) >= 11 is 0. The summed E-state index contributed by atoms with van der Waals surface area (Å²) in [4.78, 5) is 14.7. The van der Waals surface area contributed by atoms with Gasteiger partial charge < -0.3 is 9.47 Å². The number of nitrogens with zero attached hydrogens (tertiary/aromatic N) is 2. The number of benzene rings is 4. The number of carbonyl (C=O) groups is 1. The number of amides is 2. The zero-order chi connectivity index (χ0) is 38.1. The summed E-state index contributed by atoms with van der Waals surface area (Å²) in [6, 6.07) is 1.63. The van der Waals surface area contributed by atoms with Gasteiger partial charge in [0.25, 0.3) is 5.90 Å². The molecular weight excluding hydrogens is 740 g/mol. The van der Waals surface area contributed by atoms with E-state index in [9.17, 15) is 26.7 Å². The maximum Gasteiger partial charge on any atom is 0.458 e. The first kappa shape index (κ1) is 36.6. The molecule has 1 aliphatic heterocycles. The molecule has 4 aromatic carbocycles. The van der Waals surface area contributed by atoms with Crippen molar-refractivity contribution in [3.05, 3.63) is 123 Å². The van der Waals surface area contributed by atoms with E-state index in [-0.39, 0.29) is 35.1 Å². The molecule has 1 heterocycles. The van der Waals surface area contributed by atoms with Gasteiger partial charge in [-0.05, 0) is 48.7 Å². The Labute approximate surface area is 281 Å². The minimum Gasteiger partial charge on any atom is -0.640 e. The molecule has 6 rings (SSSR count). The van der Waals surface area contributed by atoms with Crippen LogP contribution in [0.5, 0.6) is 0 Å². The van der Waals surface area contributed by atoms with E-state index >= 15 is 43.9 Å². The Kier molecular flexibility index (Phi) is 9.23. The molecule has 1 fully saturated rings. The summed E-state index contributed by atoms with van der Waals surface area (Å²) in [7, 11) is 0. The SMILES string of the molecule is O=C1N(C2CCCCC2)[B-](c2c(F)c(F)c(F)c(F)c2F)(c2c(F)c(F)c(F)c(F)c2F)OC(c2c(F)c(F)c(F)c(F)c2F)=[N+]1c1ccccc1. The molecule has 0 spiro atoms. The van der Waals surface area contributed by atoms with E-state index < -0.39 is 134 Å². The fourth-order valence-corrected chi connectivity index (χ4v) is 6.68. The first-order valence-corrected chi connectivity index (χ1v) is 14.9. The van der Waals surface area contributed by atoms with Crippen LogP contribution in [0.1, 0.15) is 37.7 Å². The Bertz CT molecular complexity index is 2050. The lowest BCUT2D eigenvalue weighted by Gasteiger charge is -2.52. The highest BCUT2D eigenvalue weighted by Gasteiger charge is 2.63. The molecule has 0 N–H and O–H groups in total. The third kappa shape index (κ3) is 5.11. The minimum atomic E-state index is -5.79. The highest BCUT2D eigenvalue weighted by atomic mass is 19.2.